The topological polar surface area (TPSA) is 66.3 Å². The predicted molar refractivity (Wildman–Crippen MR) is 122 cm³/mol. The second-order valence-electron chi connectivity index (χ2n) is 7.12. The number of nitrogens with zero attached hydrogens (tertiary/aromatic N) is 3. The van der Waals surface area contributed by atoms with Gasteiger partial charge in [-0.15, -0.1) is 5.10 Å². The third-order valence-electron chi connectivity index (χ3n) is 5.13. The van der Waals surface area contributed by atoms with Gasteiger partial charge in [0.25, 0.3) is 5.91 Å². The Hall–Kier alpha value is -3.58. The first kappa shape index (κ1) is 19.4. The minimum Gasteiger partial charge on any atom is -0.497 e. The monoisotopic (exact) mass is 428 g/mol. The summed E-state index contributed by atoms with van der Waals surface area (Å²) in [5.74, 6) is 1.26. The van der Waals surface area contributed by atoms with E-state index in [4.69, 9.17) is 14.8 Å². The number of carbonyl (C=O) groups excluding carboxylic acids is 1. The lowest BCUT2D eigenvalue weighted by molar-refractivity contribution is -0.116. The summed E-state index contributed by atoms with van der Waals surface area (Å²) < 4.78 is 5.39. The molecule has 0 unspecified atom stereocenters. The van der Waals surface area contributed by atoms with Crippen LogP contribution in [0.15, 0.2) is 89.0 Å². The van der Waals surface area contributed by atoms with Gasteiger partial charge in [0, 0.05) is 16.5 Å². The SMILES string of the molecule is COc1cccc([C@H]2N=c3ccccc3=C3C(=O)NC(SCc4ccccc4)=NN32)c1. The summed E-state index contributed by atoms with van der Waals surface area (Å²) in [4.78, 5) is 18.1. The molecule has 1 atom stereocenters. The number of benzene rings is 3. The predicted octanol–water partition coefficient (Wildman–Crippen LogP) is 2.77. The maximum Gasteiger partial charge on any atom is 0.276 e. The summed E-state index contributed by atoms with van der Waals surface area (Å²) in [6, 6.07) is 25.5. The Balaban J connectivity index is 1.58. The molecule has 0 aliphatic carbocycles. The Morgan fingerprint density at radius 2 is 1.84 bits per heavy atom. The molecular weight excluding hydrogens is 408 g/mol. The molecule has 0 spiro atoms. The highest BCUT2D eigenvalue weighted by Gasteiger charge is 2.34. The van der Waals surface area contributed by atoms with Gasteiger partial charge in [0.15, 0.2) is 11.3 Å². The normalized spacial score (nSPS) is 17.1. The van der Waals surface area contributed by atoms with Crippen LogP contribution in [-0.2, 0) is 10.5 Å². The Labute approximate surface area is 184 Å². The van der Waals surface area contributed by atoms with Crippen LogP contribution >= 0.6 is 11.8 Å². The molecule has 0 bridgehead atoms. The zero-order valence-corrected chi connectivity index (χ0v) is 17.7. The second-order valence-corrected chi connectivity index (χ2v) is 8.09. The van der Waals surface area contributed by atoms with E-state index in [0.717, 1.165) is 27.5 Å². The zero-order valence-electron chi connectivity index (χ0n) is 16.9. The molecule has 0 saturated heterocycles. The van der Waals surface area contributed by atoms with E-state index in [1.54, 1.807) is 12.1 Å². The summed E-state index contributed by atoms with van der Waals surface area (Å²) in [7, 11) is 1.63. The van der Waals surface area contributed by atoms with Crippen molar-refractivity contribution in [2.75, 3.05) is 7.11 Å². The number of methoxy groups -OCH3 is 1. The van der Waals surface area contributed by atoms with Gasteiger partial charge in [-0.05, 0) is 23.8 Å². The van der Waals surface area contributed by atoms with E-state index in [-0.39, 0.29) is 5.91 Å². The van der Waals surface area contributed by atoms with Crippen LogP contribution < -0.4 is 20.6 Å². The molecule has 3 aromatic rings. The standard InChI is InChI=1S/C24H20N4O2S/c1-30-18-11-7-10-17(14-18)22-25-20-13-6-5-12-19(20)21-23(29)26-24(27-28(21)22)31-15-16-8-3-2-4-9-16/h2-14,22H,15H2,1H3,(H,26,27,29)/t22-/m0/s1. The fraction of sp³-hybridized carbons (Fsp3) is 0.125. The number of amidine groups is 1. The average molecular weight is 429 g/mol. The lowest BCUT2D eigenvalue weighted by Crippen LogP contribution is -2.50. The number of hydrogen-bond acceptors (Lipinski definition) is 6. The van der Waals surface area contributed by atoms with Crippen LogP contribution in [0.4, 0.5) is 0 Å². The minimum atomic E-state index is -0.460. The molecule has 6 nitrogen and oxygen atoms in total. The van der Waals surface area contributed by atoms with Gasteiger partial charge in [-0.1, -0.05) is 72.4 Å². The second kappa shape index (κ2) is 8.28. The van der Waals surface area contributed by atoms with Crippen LogP contribution in [0.5, 0.6) is 5.75 Å². The molecular formula is C24H20N4O2S. The molecule has 0 radical (unpaired) electrons. The van der Waals surface area contributed by atoms with Crippen molar-refractivity contribution in [3.8, 4) is 5.75 Å². The van der Waals surface area contributed by atoms with Gasteiger partial charge in [0.1, 0.15) is 11.4 Å². The van der Waals surface area contributed by atoms with E-state index < -0.39 is 6.17 Å². The van der Waals surface area contributed by atoms with Crippen LogP contribution in [0.2, 0.25) is 0 Å². The van der Waals surface area contributed by atoms with Crippen molar-refractivity contribution in [3.63, 3.8) is 0 Å². The number of thioether (sulfide) groups is 1. The molecule has 2 aliphatic heterocycles. The minimum absolute atomic E-state index is 0.180. The average Bonchev–Trinajstić information content (AvgIpc) is 2.82. The lowest BCUT2D eigenvalue weighted by atomic mass is 10.1. The fourth-order valence-corrected chi connectivity index (χ4v) is 4.44. The van der Waals surface area contributed by atoms with E-state index >= 15 is 0 Å². The van der Waals surface area contributed by atoms with E-state index in [2.05, 4.69) is 17.4 Å². The molecule has 5 rings (SSSR count). The molecule has 1 amide bonds. The summed E-state index contributed by atoms with van der Waals surface area (Å²) in [6.07, 6.45) is -0.460. The van der Waals surface area contributed by atoms with Crippen molar-refractivity contribution in [3.05, 3.63) is 101 Å². The van der Waals surface area contributed by atoms with Crippen LogP contribution in [0.3, 0.4) is 0 Å². The van der Waals surface area contributed by atoms with Crippen molar-refractivity contribution in [2.24, 2.45) is 10.1 Å². The van der Waals surface area contributed by atoms with Crippen LogP contribution in [0.25, 0.3) is 5.70 Å². The highest BCUT2D eigenvalue weighted by Crippen LogP contribution is 2.32. The quantitative estimate of drug-likeness (QED) is 0.694. The number of ether oxygens (including phenoxy) is 1. The molecule has 2 heterocycles. The Morgan fingerprint density at radius 3 is 2.68 bits per heavy atom. The highest BCUT2D eigenvalue weighted by atomic mass is 32.2. The highest BCUT2D eigenvalue weighted by molar-refractivity contribution is 8.13. The van der Waals surface area contributed by atoms with Gasteiger partial charge in [-0.3, -0.25) is 15.1 Å². The Morgan fingerprint density at radius 1 is 1.03 bits per heavy atom. The fourth-order valence-electron chi connectivity index (χ4n) is 3.64. The van der Waals surface area contributed by atoms with Crippen LogP contribution in [0.1, 0.15) is 17.3 Å². The number of nitrogens with one attached hydrogen (secondary N) is 1. The number of carbonyl (C=O) groups is 1. The van der Waals surface area contributed by atoms with Gasteiger partial charge < -0.3 is 4.74 Å². The van der Waals surface area contributed by atoms with Crippen molar-refractivity contribution in [1.82, 2.24) is 10.3 Å². The first-order chi connectivity index (χ1) is 15.2. The molecule has 1 N–H and O–H groups in total. The summed E-state index contributed by atoms with van der Waals surface area (Å²) in [6.45, 7) is 0. The van der Waals surface area contributed by atoms with Crippen molar-refractivity contribution in [2.45, 2.75) is 11.9 Å². The largest absolute Gasteiger partial charge is 0.497 e. The maximum atomic E-state index is 13.2. The smallest absolute Gasteiger partial charge is 0.276 e. The van der Waals surface area contributed by atoms with Crippen LogP contribution in [-0.4, -0.2) is 23.2 Å². The van der Waals surface area contributed by atoms with E-state index in [1.165, 1.54) is 11.8 Å². The molecule has 0 saturated carbocycles. The number of hydrogen-bond donors (Lipinski definition) is 1. The third-order valence-corrected chi connectivity index (χ3v) is 6.06. The molecule has 7 heteroatoms. The molecule has 0 fully saturated rings. The first-order valence-electron chi connectivity index (χ1n) is 9.90. The Bertz CT molecular complexity index is 1290. The summed E-state index contributed by atoms with van der Waals surface area (Å²) >= 11 is 1.49. The lowest BCUT2D eigenvalue weighted by Gasteiger charge is -2.34. The third kappa shape index (κ3) is 3.80. The number of rotatable bonds is 4. The van der Waals surface area contributed by atoms with Crippen LogP contribution in [0, 0.1) is 0 Å². The molecule has 3 aromatic carbocycles. The summed E-state index contributed by atoms with van der Waals surface area (Å²) in [5.41, 5.74) is 2.57. The zero-order chi connectivity index (χ0) is 21.2. The summed E-state index contributed by atoms with van der Waals surface area (Å²) in [5, 5.41) is 11.6. The molecule has 31 heavy (non-hydrogen) atoms. The number of para-hydroxylation sites is 1. The molecule has 154 valence electrons. The molecule has 0 aromatic heterocycles. The van der Waals surface area contributed by atoms with E-state index in [0.29, 0.717) is 16.6 Å². The molecule has 2 aliphatic rings. The number of hydrazone groups is 1. The number of fused-ring (bicyclic) bond motifs is 2. The van der Waals surface area contributed by atoms with E-state index in [1.807, 2.05) is 66.7 Å². The van der Waals surface area contributed by atoms with Gasteiger partial charge >= 0.3 is 0 Å². The van der Waals surface area contributed by atoms with Crippen molar-refractivity contribution >= 4 is 28.5 Å². The maximum absolute atomic E-state index is 13.2. The Kier molecular flexibility index (Phi) is 5.18. The number of amides is 1. The van der Waals surface area contributed by atoms with Gasteiger partial charge in [-0.2, -0.15) is 0 Å². The first-order valence-corrected chi connectivity index (χ1v) is 10.9. The van der Waals surface area contributed by atoms with Gasteiger partial charge in [-0.25, -0.2) is 5.01 Å². The van der Waals surface area contributed by atoms with E-state index in [9.17, 15) is 4.79 Å². The van der Waals surface area contributed by atoms with Gasteiger partial charge in [0.2, 0.25) is 0 Å². The van der Waals surface area contributed by atoms with Crippen molar-refractivity contribution < 1.29 is 9.53 Å². The van der Waals surface area contributed by atoms with Crippen molar-refractivity contribution in [1.29, 1.82) is 0 Å². The van der Waals surface area contributed by atoms with Gasteiger partial charge in [0.05, 0.1) is 12.5 Å².